The minimum atomic E-state index is 0.239. The summed E-state index contributed by atoms with van der Waals surface area (Å²) in [4.78, 5) is 10.6. The van der Waals surface area contributed by atoms with E-state index in [4.69, 9.17) is 16.3 Å². The molecule has 16 heavy (non-hydrogen) atoms. The Hall–Kier alpha value is -0.870. The van der Waals surface area contributed by atoms with Gasteiger partial charge in [-0.2, -0.15) is 4.98 Å². The van der Waals surface area contributed by atoms with Crippen LogP contribution in [0.4, 0.5) is 0 Å². The van der Waals surface area contributed by atoms with Crippen LogP contribution in [0.25, 0.3) is 0 Å². The van der Waals surface area contributed by atoms with Gasteiger partial charge in [-0.05, 0) is 26.8 Å². The van der Waals surface area contributed by atoms with Crippen LogP contribution in [0, 0.1) is 6.92 Å². The second-order valence-electron chi connectivity index (χ2n) is 4.20. The zero-order valence-electron chi connectivity index (χ0n) is 9.61. The molecule has 1 aromatic heterocycles. The second kappa shape index (κ2) is 4.97. The molecule has 0 bridgehead atoms. The van der Waals surface area contributed by atoms with E-state index in [1.165, 1.54) is 0 Å². The first-order valence-electron chi connectivity index (χ1n) is 5.49. The van der Waals surface area contributed by atoms with Crippen molar-refractivity contribution in [2.75, 3.05) is 20.1 Å². The van der Waals surface area contributed by atoms with Crippen LogP contribution < -0.4 is 4.74 Å². The third kappa shape index (κ3) is 2.83. The van der Waals surface area contributed by atoms with Gasteiger partial charge in [0.2, 0.25) is 5.88 Å². The molecule has 0 atom stereocenters. The number of nitrogens with zero attached hydrogens (tertiary/aromatic N) is 3. The number of halogens is 1. The quantitative estimate of drug-likeness (QED) is 0.793. The first-order valence-corrected chi connectivity index (χ1v) is 5.87. The fourth-order valence-corrected chi connectivity index (χ4v) is 1.91. The average Bonchev–Trinajstić information content (AvgIpc) is 2.27. The van der Waals surface area contributed by atoms with E-state index in [1.54, 1.807) is 6.20 Å². The fourth-order valence-electron chi connectivity index (χ4n) is 1.78. The molecule has 88 valence electrons. The Balaban J connectivity index is 2.00. The lowest BCUT2D eigenvalue weighted by atomic mass is 10.1. The van der Waals surface area contributed by atoms with Crippen LogP contribution in [-0.2, 0) is 0 Å². The van der Waals surface area contributed by atoms with E-state index in [1.807, 2.05) is 6.92 Å². The summed E-state index contributed by atoms with van der Waals surface area (Å²) in [6.07, 6.45) is 3.84. The number of ether oxygens (including phenoxy) is 1. The Morgan fingerprint density at radius 1 is 1.44 bits per heavy atom. The van der Waals surface area contributed by atoms with Gasteiger partial charge in [-0.25, -0.2) is 0 Å². The molecule has 0 amide bonds. The first-order chi connectivity index (χ1) is 7.65. The van der Waals surface area contributed by atoms with Crippen LogP contribution in [0.5, 0.6) is 5.88 Å². The molecule has 2 heterocycles. The summed E-state index contributed by atoms with van der Waals surface area (Å²) in [6.45, 7) is 4.02. The van der Waals surface area contributed by atoms with Gasteiger partial charge in [-0.1, -0.05) is 11.6 Å². The molecule has 0 N–H and O–H groups in total. The van der Waals surface area contributed by atoms with E-state index in [2.05, 4.69) is 21.9 Å². The fraction of sp³-hybridized carbons (Fsp3) is 0.636. The summed E-state index contributed by atoms with van der Waals surface area (Å²) in [6, 6.07) is 0. The number of aromatic nitrogens is 2. The van der Waals surface area contributed by atoms with Crippen LogP contribution >= 0.6 is 11.6 Å². The first kappa shape index (κ1) is 11.6. The molecule has 5 heteroatoms. The number of piperidine rings is 1. The summed E-state index contributed by atoms with van der Waals surface area (Å²) in [7, 11) is 2.13. The maximum atomic E-state index is 5.83. The Kier molecular flexibility index (Phi) is 3.61. The highest BCUT2D eigenvalue weighted by molar-refractivity contribution is 6.29. The molecular weight excluding hydrogens is 226 g/mol. The maximum absolute atomic E-state index is 5.83. The van der Waals surface area contributed by atoms with Gasteiger partial charge in [0.05, 0.1) is 11.9 Å². The number of hydrogen-bond acceptors (Lipinski definition) is 4. The van der Waals surface area contributed by atoms with Crippen molar-refractivity contribution < 1.29 is 4.74 Å². The summed E-state index contributed by atoms with van der Waals surface area (Å²) in [5, 5.41) is 0.383. The average molecular weight is 242 g/mol. The van der Waals surface area contributed by atoms with E-state index in [-0.39, 0.29) is 6.10 Å². The van der Waals surface area contributed by atoms with Crippen LogP contribution in [0.15, 0.2) is 6.20 Å². The van der Waals surface area contributed by atoms with Crippen molar-refractivity contribution in [1.82, 2.24) is 14.9 Å². The number of likely N-dealkylation sites (tertiary alicyclic amines) is 1. The number of hydrogen-bond donors (Lipinski definition) is 0. The zero-order chi connectivity index (χ0) is 11.5. The molecule has 0 radical (unpaired) electrons. The molecule has 0 spiro atoms. The van der Waals surface area contributed by atoms with Crippen molar-refractivity contribution in [3.8, 4) is 5.88 Å². The molecule has 2 rings (SSSR count). The number of aryl methyl sites for hydroxylation is 1. The monoisotopic (exact) mass is 241 g/mol. The lowest BCUT2D eigenvalue weighted by molar-refractivity contribution is 0.109. The lowest BCUT2D eigenvalue weighted by Crippen LogP contribution is -2.35. The summed E-state index contributed by atoms with van der Waals surface area (Å²) >= 11 is 5.80. The SMILES string of the molecule is Cc1ncc(Cl)nc1OC1CCN(C)CC1. The molecule has 0 aliphatic carbocycles. The van der Waals surface area contributed by atoms with Crippen molar-refractivity contribution in [2.45, 2.75) is 25.9 Å². The summed E-state index contributed by atoms with van der Waals surface area (Å²) in [5.41, 5.74) is 0.795. The van der Waals surface area contributed by atoms with Gasteiger partial charge < -0.3 is 9.64 Å². The largest absolute Gasteiger partial charge is 0.473 e. The molecule has 4 nitrogen and oxygen atoms in total. The molecule has 0 saturated carbocycles. The minimum absolute atomic E-state index is 0.239. The maximum Gasteiger partial charge on any atom is 0.237 e. The van der Waals surface area contributed by atoms with Crippen LogP contribution in [0.2, 0.25) is 5.15 Å². The standard InChI is InChI=1S/C11H16ClN3O/c1-8-11(14-10(12)7-13-8)16-9-3-5-15(2)6-4-9/h7,9H,3-6H2,1-2H3. The molecule has 1 aliphatic heterocycles. The normalized spacial score (nSPS) is 18.7. The lowest BCUT2D eigenvalue weighted by Gasteiger charge is -2.29. The number of rotatable bonds is 2. The Labute approximate surface area is 101 Å². The van der Waals surface area contributed by atoms with Crippen molar-refractivity contribution in [1.29, 1.82) is 0 Å². The third-order valence-corrected chi connectivity index (χ3v) is 3.01. The van der Waals surface area contributed by atoms with Crippen molar-refractivity contribution in [3.63, 3.8) is 0 Å². The molecule has 1 fully saturated rings. The Bertz CT molecular complexity index is 364. The molecular formula is C11H16ClN3O. The van der Waals surface area contributed by atoms with Gasteiger partial charge >= 0.3 is 0 Å². The summed E-state index contributed by atoms with van der Waals surface area (Å²) < 4.78 is 5.83. The third-order valence-electron chi connectivity index (χ3n) is 2.83. The van der Waals surface area contributed by atoms with Crippen LogP contribution in [0.3, 0.4) is 0 Å². The highest BCUT2D eigenvalue weighted by Gasteiger charge is 2.19. The Morgan fingerprint density at radius 3 is 2.81 bits per heavy atom. The topological polar surface area (TPSA) is 38.3 Å². The van der Waals surface area contributed by atoms with Gasteiger partial charge in [0, 0.05) is 13.1 Å². The predicted molar refractivity (Wildman–Crippen MR) is 62.9 cm³/mol. The van der Waals surface area contributed by atoms with Crippen LogP contribution in [0.1, 0.15) is 18.5 Å². The smallest absolute Gasteiger partial charge is 0.237 e. The van der Waals surface area contributed by atoms with Crippen molar-refractivity contribution in [2.24, 2.45) is 0 Å². The van der Waals surface area contributed by atoms with Crippen molar-refractivity contribution >= 4 is 11.6 Å². The second-order valence-corrected chi connectivity index (χ2v) is 4.59. The predicted octanol–water partition coefficient (Wildman–Crippen LogP) is 1.91. The molecule has 1 saturated heterocycles. The van der Waals surface area contributed by atoms with Crippen LogP contribution in [-0.4, -0.2) is 41.1 Å². The highest BCUT2D eigenvalue weighted by atomic mass is 35.5. The van der Waals surface area contributed by atoms with Gasteiger partial charge in [-0.3, -0.25) is 4.98 Å². The van der Waals surface area contributed by atoms with Crippen molar-refractivity contribution in [3.05, 3.63) is 17.0 Å². The Morgan fingerprint density at radius 2 is 2.12 bits per heavy atom. The van der Waals surface area contributed by atoms with Gasteiger partial charge in [0.1, 0.15) is 6.10 Å². The van der Waals surface area contributed by atoms with E-state index in [0.717, 1.165) is 31.6 Å². The van der Waals surface area contributed by atoms with E-state index >= 15 is 0 Å². The highest BCUT2D eigenvalue weighted by Crippen LogP contribution is 2.20. The minimum Gasteiger partial charge on any atom is -0.473 e. The molecule has 0 aromatic carbocycles. The van der Waals surface area contributed by atoms with Gasteiger partial charge in [-0.15, -0.1) is 0 Å². The van der Waals surface area contributed by atoms with E-state index < -0.39 is 0 Å². The van der Waals surface area contributed by atoms with E-state index in [9.17, 15) is 0 Å². The molecule has 1 aliphatic rings. The zero-order valence-corrected chi connectivity index (χ0v) is 10.4. The van der Waals surface area contributed by atoms with E-state index in [0.29, 0.717) is 11.0 Å². The van der Waals surface area contributed by atoms with Gasteiger partial charge in [0.25, 0.3) is 0 Å². The molecule has 1 aromatic rings. The summed E-state index contributed by atoms with van der Waals surface area (Å²) in [5.74, 6) is 0.571. The van der Waals surface area contributed by atoms with Gasteiger partial charge in [0.15, 0.2) is 5.15 Å². The molecule has 0 unspecified atom stereocenters.